The van der Waals surface area contributed by atoms with Gasteiger partial charge in [-0.2, -0.15) is 0 Å². The Hall–Kier alpha value is 0.170. The molecule has 0 saturated heterocycles. The Morgan fingerprint density at radius 3 is 1.23 bits per heavy atom. The van der Waals surface area contributed by atoms with E-state index in [0.29, 0.717) is 25.7 Å². The molecule has 0 radical (unpaired) electrons. The van der Waals surface area contributed by atoms with Crippen LogP contribution in [0, 0.1) is 5.92 Å². The molecule has 0 heterocycles. The maximum atomic E-state index is 6.16. The van der Waals surface area contributed by atoms with Crippen LogP contribution in [0.15, 0.2) is 0 Å². The molecule has 0 rings (SSSR count). The summed E-state index contributed by atoms with van der Waals surface area (Å²) in [5.74, 6) is 0.269. The molecule has 0 aliphatic rings. The minimum Gasteiger partial charge on any atom is -0.328 e. The van der Waals surface area contributed by atoms with Crippen LogP contribution in [0.3, 0.4) is 0 Å². The maximum Gasteiger partial charge on any atom is 0.285 e. The van der Waals surface area contributed by atoms with Crippen LogP contribution >= 0.6 is 11.6 Å². The Bertz CT molecular complexity index is 334. The number of hydrogen-bond donors (Lipinski definition) is 0. The molecule has 0 aromatic rings. The largest absolute Gasteiger partial charge is 0.328 e. The first kappa shape index (κ1) is 31.2. The number of alkyl halides is 1. The summed E-state index contributed by atoms with van der Waals surface area (Å²) in [6, 6.07) is 0. The zero-order valence-electron chi connectivity index (χ0n) is 21.5. The fraction of sp³-hybridized carbons (Fsp3) is 1.00. The average molecular weight is 463 g/mol. The van der Waals surface area contributed by atoms with Crippen LogP contribution in [-0.2, 0) is 14.2 Å². The first-order valence-electron chi connectivity index (χ1n) is 13.7. The van der Waals surface area contributed by atoms with E-state index in [-0.39, 0.29) is 0 Å². The summed E-state index contributed by atoms with van der Waals surface area (Å²) >= 11 is 5.75. The summed E-state index contributed by atoms with van der Waals surface area (Å²) < 4.78 is 18.5. The molecule has 3 nitrogen and oxygen atoms in total. The highest BCUT2D eigenvalue weighted by Gasteiger charge is 2.41. The molecule has 0 saturated carbocycles. The molecule has 1 unspecified atom stereocenters. The predicted molar refractivity (Wildman–Crippen MR) is 136 cm³/mol. The molecule has 0 fully saturated rings. The van der Waals surface area contributed by atoms with Crippen LogP contribution in [0.4, 0.5) is 0 Å². The Morgan fingerprint density at radius 2 is 0.871 bits per heavy atom. The van der Waals surface area contributed by atoms with Crippen LogP contribution in [-0.4, -0.2) is 31.7 Å². The van der Waals surface area contributed by atoms with E-state index >= 15 is 0 Å². The van der Waals surface area contributed by atoms with Gasteiger partial charge in [0.25, 0.3) is 5.97 Å². The second-order valence-corrected chi connectivity index (χ2v) is 9.19. The Morgan fingerprint density at radius 1 is 0.516 bits per heavy atom. The van der Waals surface area contributed by atoms with Gasteiger partial charge in [0.05, 0.1) is 0 Å². The molecule has 0 aliphatic heterocycles. The van der Waals surface area contributed by atoms with Crippen LogP contribution < -0.4 is 0 Å². The van der Waals surface area contributed by atoms with Gasteiger partial charge in [-0.05, 0) is 40.0 Å². The van der Waals surface area contributed by atoms with Crippen molar-refractivity contribution in [2.75, 3.05) is 25.7 Å². The molecule has 0 aromatic heterocycles. The zero-order valence-corrected chi connectivity index (χ0v) is 22.3. The number of hydrogen-bond acceptors (Lipinski definition) is 3. The number of unbranched alkanes of at least 4 members (excludes halogenated alkanes) is 13. The van der Waals surface area contributed by atoms with Crippen molar-refractivity contribution in [3.05, 3.63) is 0 Å². The van der Waals surface area contributed by atoms with Crippen molar-refractivity contribution in [1.82, 2.24) is 0 Å². The minimum atomic E-state index is -0.857. The van der Waals surface area contributed by atoms with Gasteiger partial charge in [0.1, 0.15) is 0 Å². The number of ether oxygens (including phenoxy) is 3. The summed E-state index contributed by atoms with van der Waals surface area (Å²) in [5, 5.41) is 0. The molecular formula is C27H55ClO3. The third kappa shape index (κ3) is 16.4. The van der Waals surface area contributed by atoms with Gasteiger partial charge in [-0.1, -0.05) is 96.8 Å². The Labute approximate surface area is 200 Å². The van der Waals surface area contributed by atoms with Gasteiger partial charge in [0.2, 0.25) is 0 Å². The van der Waals surface area contributed by atoms with Crippen molar-refractivity contribution < 1.29 is 14.2 Å². The van der Waals surface area contributed by atoms with Gasteiger partial charge in [-0.15, -0.1) is 11.6 Å². The van der Waals surface area contributed by atoms with Crippen molar-refractivity contribution >= 4 is 11.6 Å². The molecule has 1 atom stereocenters. The summed E-state index contributed by atoms with van der Waals surface area (Å²) in [4.78, 5) is 0. The van der Waals surface area contributed by atoms with Gasteiger partial charge >= 0.3 is 0 Å². The van der Waals surface area contributed by atoms with Crippen molar-refractivity contribution in [3.8, 4) is 0 Å². The molecule has 4 heteroatoms. The van der Waals surface area contributed by atoms with Gasteiger partial charge in [-0.3, -0.25) is 0 Å². The average Bonchev–Trinajstić information content (AvgIpc) is 2.76. The second-order valence-electron chi connectivity index (χ2n) is 8.82. The van der Waals surface area contributed by atoms with Crippen molar-refractivity contribution in [1.29, 1.82) is 0 Å². The van der Waals surface area contributed by atoms with Gasteiger partial charge in [-0.25, -0.2) is 0 Å². The summed E-state index contributed by atoms with van der Waals surface area (Å²) in [7, 11) is 0. The molecule has 0 aromatic carbocycles. The minimum absolute atomic E-state index is 0.314. The fourth-order valence-corrected chi connectivity index (χ4v) is 4.66. The van der Waals surface area contributed by atoms with E-state index in [9.17, 15) is 0 Å². The highest BCUT2D eigenvalue weighted by molar-refractivity contribution is 6.17. The van der Waals surface area contributed by atoms with Crippen LogP contribution in [0.5, 0.6) is 0 Å². The molecule has 31 heavy (non-hydrogen) atoms. The highest BCUT2D eigenvalue weighted by atomic mass is 35.5. The normalized spacial score (nSPS) is 13.1. The fourth-order valence-electron chi connectivity index (χ4n) is 4.47. The first-order chi connectivity index (χ1) is 15.2. The molecule has 0 spiro atoms. The van der Waals surface area contributed by atoms with Crippen molar-refractivity contribution in [2.24, 2.45) is 5.92 Å². The van der Waals surface area contributed by atoms with Gasteiger partial charge in [0.15, 0.2) is 0 Å². The molecule has 188 valence electrons. The monoisotopic (exact) mass is 462 g/mol. The summed E-state index contributed by atoms with van der Waals surface area (Å²) in [6.45, 7) is 10.3. The van der Waals surface area contributed by atoms with Crippen LogP contribution in [0.25, 0.3) is 0 Å². The molecular weight excluding hydrogens is 408 g/mol. The van der Waals surface area contributed by atoms with E-state index in [0.717, 1.165) is 18.7 Å². The molecule has 0 N–H and O–H groups in total. The van der Waals surface area contributed by atoms with E-state index in [1.54, 1.807) is 0 Å². The second kappa shape index (κ2) is 23.3. The van der Waals surface area contributed by atoms with Gasteiger partial charge < -0.3 is 14.2 Å². The molecule has 0 aliphatic carbocycles. The zero-order chi connectivity index (χ0) is 23.0. The van der Waals surface area contributed by atoms with Crippen molar-refractivity contribution in [2.45, 2.75) is 143 Å². The Kier molecular flexibility index (Phi) is 23.5. The van der Waals surface area contributed by atoms with E-state index in [1.807, 2.05) is 20.8 Å². The van der Waals surface area contributed by atoms with Crippen LogP contribution in [0.2, 0.25) is 0 Å². The summed E-state index contributed by atoms with van der Waals surface area (Å²) in [5.41, 5.74) is 0. The number of rotatable bonds is 25. The lowest BCUT2D eigenvalue weighted by Crippen LogP contribution is -2.46. The third-order valence-corrected chi connectivity index (χ3v) is 6.40. The lowest BCUT2D eigenvalue weighted by atomic mass is 9.91. The topological polar surface area (TPSA) is 27.7 Å². The van der Waals surface area contributed by atoms with Gasteiger partial charge in [0, 0.05) is 31.6 Å². The van der Waals surface area contributed by atoms with E-state index in [2.05, 4.69) is 6.92 Å². The Balaban J connectivity index is 4.50. The highest BCUT2D eigenvalue weighted by Crippen LogP contribution is 2.34. The molecule has 0 amide bonds. The van der Waals surface area contributed by atoms with Crippen LogP contribution in [0.1, 0.15) is 137 Å². The van der Waals surface area contributed by atoms with E-state index in [4.69, 9.17) is 25.8 Å². The quantitative estimate of drug-likeness (QED) is 0.0767. The summed E-state index contributed by atoms with van der Waals surface area (Å²) in [6.07, 6.45) is 21.9. The maximum absolute atomic E-state index is 6.16. The lowest BCUT2D eigenvalue weighted by Gasteiger charge is -2.39. The smallest absolute Gasteiger partial charge is 0.285 e. The van der Waals surface area contributed by atoms with E-state index in [1.165, 1.54) is 96.3 Å². The first-order valence-corrected chi connectivity index (χ1v) is 14.2. The van der Waals surface area contributed by atoms with Crippen molar-refractivity contribution in [3.63, 3.8) is 0 Å². The SMILES string of the molecule is CCCCCCCCC(CCCCCCCCCCCCl)C(OCC)(OCC)OCC. The third-order valence-electron chi connectivity index (χ3n) is 6.13. The number of halogens is 1. The molecule has 0 bridgehead atoms. The lowest BCUT2D eigenvalue weighted by molar-refractivity contribution is -0.403. The predicted octanol–water partition coefficient (Wildman–Crippen LogP) is 9.26. The van der Waals surface area contributed by atoms with E-state index < -0.39 is 5.97 Å². The standard InChI is InChI=1S/C27H55ClO3/c1-5-9-10-11-17-20-23-26(27(29-6-2,30-7-3)31-8-4)24-21-18-15-13-12-14-16-19-22-25-28/h26H,5-25H2,1-4H3.